The molecule has 1 fully saturated rings. The van der Waals surface area contributed by atoms with Crippen molar-refractivity contribution in [2.75, 3.05) is 18.4 Å². The minimum atomic E-state index is 0. The number of nitrogens with one attached hydrogen (secondary N) is 1. The fraction of sp³-hybridized carbons (Fsp3) is 0.286. The number of rotatable bonds is 4. The minimum absolute atomic E-state index is 0. The van der Waals surface area contributed by atoms with Crippen LogP contribution in [0.15, 0.2) is 72.2 Å². The quantitative estimate of drug-likeness (QED) is 0.337. The lowest BCUT2D eigenvalue weighted by atomic mass is 10.1. The van der Waals surface area contributed by atoms with E-state index >= 15 is 0 Å². The summed E-state index contributed by atoms with van der Waals surface area (Å²) in [7, 11) is 0. The van der Waals surface area contributed by atoms with Crippen molar-refractivity contribution in [2.24, 2.45) is 4.99 Å². The molecule has 0 radical (unpaired) electrons. The van der Waals surface area contributed by atoms with Crippen LogP contribution < -0.4 is 5.32 Å². The van der Waals surface area contributed by atoms with Gasteiger partial charge in [0, 0.05) is 18.8 Å². The van der Waals surface area contributed by atoms with Gasteiger partial charge in [0.2, 0.25) is 0 Å². The smallest absolute Gasteiger partial charge is 0.198 e. The van der Waals surface area contributed by atoms with Gasteiger partial charge in [0.15, 0.2) is 5.96 Å². The molecule has 1 aliphatic rings. The molecule has 0 atom stereocenters. The maximum Gasteiger partial charge on any atom is 0.198 e. The van der Waals surface area contributed by atoms with E-state index in [4.69, 9.17) is 4.99 Å². The van der Waals surface area contributed by atoms with E-state index in [0.717, 1.165) is 30.4 Å². The Labute approximate surface area is 182 Å². The van der Waals surface area contributed by atoms with E-state index in [9.17, 15) is 0 Å². The van der Waals surface area contributed by atoms with Crippen LogP contribution in [0.4, 0.5) is 5.69 Å². The molecule has 0 saturated carbocycles. The molecule has 1 aromatic heterocycles. The van der Waals surface area contributed by atoms with Gasteiger partial charge < -0.3 is 10.2 Å². The molecule has 1 N–H and O–H groups in total. The predicted molar refractivity (Wildman–Crippen MR) is 123 cm³/mol. The zero-order valence-corrected chi connectivity index (χ0v) is 18.1. The van der Waals surface area contributed by atoms with E-state index in [2.05, 4.69) is 44.6 Å². The van der Waals surface area contributed by atoms with Gasteiger partial charge >= 0.3 is 0 Å². The Kier molecular flexibility index (Phi) is 7.41. The monoisotopic (exact) mass is 488 g/mol. The van der Waals surface area contributed by atoms with E-state index in [0.29, 0.717) is 6.54 Å². The van der Waals surface area contributed by atoms with Crippen molar-refractivity contribution < 1.29 is 0 Å². The van der Waals surface area contributed by atoms with Crippen LogP contribution in [0.25, 0.3) is 5.69 Å². The molecule has 0 aliphatic carbocycles. The molecule has 0 bridgehead atoms. The Bertz CT molecular complexity index is 856. The number of anilines is 1. The largest absolute Gasteiger partial charge is 0.343 e. The van der Waals surface area contributed by atoms with Crippen molar-refractivity contribution >= 4 is 35.6 Å². The summed E-state index contributed by atoms with van der Waals surface area (Å²) in [5.74, 6) is 0.959. The third kappa shape index (κ3) is 5.31. The molecule has 6 nitrogen and oxygen atoms in total. The fourth-order valence-corrected chi connectivity index (χ4v) is 3.24. The molecule has 1 saturated heterocycles. The van der Waals surface area contributed by atoms with Crippen LogP contribution in [-0.2, 0) is 6.54 Å². The van der Waals surface area contributed by atoms with Gasteiger partial charge in [-0.2, -0.15) is 5.10 Å². The first-order chi connectivity index (χ1) is 13.4. The summed E-state index contributed by atoms with van der Waals surface area (Å²) in [6.07, 6.45) is 6.99. The maximum absolute atomic E-state index is 4.90. The van der Waals surface area contributed by atoms with Gasteiger partial charge in [-0.25, -0.2) is 14.7 Å². The number of piperidine rings is 1. The third-order valence-corrected chi connectivity index (χ3v) is 4.72. The second-order valence-electron chi connectivity index (χ2n) is 6.69. The number of aromatic nitrogens is 3. The number of nitrogens with zero attached hydrogens (tertiary/aromatic N) is 5. The molecule has 146 valence electrons. The highest BCUT2D eigenvalue weighted by atomic mass is 127. The first kappa shape index (κ1) is 20.3. The van der Waals surface area contributed by atoms with Crippen molar-refractivity contribution in [3.63, 3.8) is 0 Å². The molecule has 4 rings (SSSR count). The molecule has 1 aliphatic heterocycles. The third-order valence-electron chi connectivity index (χ3n) is 4.72. The number of benzene rings is 2. The molecule has 0 amide bonds. The maximum atomic E-state index is 4.90. The lowest BCUT2D eigenvalue weighted by molar-refractivity contribution is 0.340. The summed E-state index contributed by atoms with van der Waals surface area (Å²) in [5, 5.41) is 7.67. The van der Waals surface area contributed by atoms with E-state index in [1.165, 1.54) is 24.8 Å². The van der Waals surface area contributed by atoms with Crippen LogP contribution in [0.2, 0.25) is 0 Å². The number of halogens is 1. The second kappa shape index (κ2) is 10.2. The summed E-state index contributed by atoms with van der Waals surface area (Å²) in [6.45, 7) is 2.76. The van der Waals surface area contributed by atoms with Crippen molar-refractivity contribution in [2.45, 2.75) is 25.8 Å². The SMILES string of the molecule is I.c1ccc(NC(=NCc2ccc(-n3cncn3)cc2)N2CCCCC2)cc1. The number of para-hydroxylation sites is 1. The Morgan fingerprint density at radius 2 is 1.71 bits per heavy atom. The molecule has 0 spiro atoms. The lowest BCUT2D eigenvalue weighted by Gasteiger charge is -2.30. The molecular weight excluding hydrogens is 463 g/mol. The summed E-state index contributed by atoms with van der Waals surface area (Å²) in [5.41, 5.74) is 3.24. The number of hydrogen-bond acceptors (Lipinski definition) is 3. The topological polar surface area (TPSA) is 58.3 Å². The summed E-state index contributed by atoms with van der Waals surface area (Å²) >= 11 is 0. The lowest BCUT2D eigenvalue weighted by Crippen LogP contribution is -2.40. The van der Waals surface area contributed by atoms with Gasteiger partial charge in [-0.15, -0.1) is 24.0 Å². The van der Waals surface area contributed by atoms with Gasteiger partial charge in [-0.05, 0) is 49.1 Å². The van der Waals surface area contributed by atoms with Crippen molar-refractivity contribution in [1.82, 2.24) is 19.7 Å². The summed E-state index contributed by atoms with van der Waals surface area (Å²) in [6, 6.07) is 18.5. The number of guanidine groups is 1. The molecule has 0 unspecified atom stereocenters. The van der Waals surface area contributed by atoms with Gasteiger partial charge in [0.05, 0.1) is 12.2 Å². The van der Waals surface area contributed by atoms with Crippen molar-refractivity contribution in [1.29, 1.82) is 0 Å². The number of hydrogen-bond donors (Lipinski definition) is 1. The first-order valence-corrected chi connectivity index (χ1v) is 9.44. The molecule has 28 heavy (non-hydrogen) atoms. The highest BCUT2D eigenvalue weighted by Crippen LogP contribution is 2.14. The summed E-state index contributed by atoms with van der Waals surface area (Å²) < 4.78 is 1.75. The molecule has 2 heterocycles. The van der Waals surface area contributed by atoms with Gasteiger partial charge in [0.1, 0.15) is 12.7 Å². The average molecular weight is 488 g/mol. The average Bonchev–Trinajstić information content (AvgIpc) is 3.28. The van der Waals surface area contributed by atoms with Crippen LogP contribution >= 0.6 is 24.0 Å². The van der Waals surface area contributed by atoms with Crippen LogP contribution in [-0.4, -0.2) is 38.7 Å². The number of likely N-dealkylation sites (tertiary alicyclic amines) is 1. The highest BCUT2D eigenvalue weighted by molar-refractivity contribution is 14.0. The normalized spacial score (nSPS) is 14.4. The molecule has 2 aromatic carbocycles. The van der Waals surface area contributed by atoms with Crippen molar-refractivity contribution in [3.05, 3.63) is 72.8 Å². The Morgan fingerprint density at radius 1 is 0.964 bits per heavy atom. The zero-order chi connectivity index (χ0) is 18.3. The fourth-order valence-electron chi connectivity index (χ4n) is 3.24. The van der Waals surface area contributed by atoms with Gasteiger partial charge in [0.25, 0.3) is 0 Å². The van der Waals surface area contributed by atoms with Gasteiger partial charge in [-0.3, -0.25) is 0 Å². The zero-order valence-electron chi connectivity index (χ0n) is 15.7. The van der Waals surface area contributed by atoms with E-state index in [1.807, 2.05) is 30.3 Å². The standard InChI is InChI=1S/C21H24N6.HI/c1-3-7-19(8-4-1)25-21(26-13-5-2-6-14-26)23-15-18-9-11-20(12-10-18)27-17-22-16-24-27;/h1,3-4,7-12,16-17H,2,5-6,13-15H2,(H,23,25);1H. The van der Waals surface area contributed by atoms with E-state index < -0.39 is 0 Å². The van der Waals surface area contributed by atoms with Crippen LogP contribution in [0.5, 0.6) is 0 Å². The van der Waals surface area contributed by atoms with Gasteiger partial charge in [-0.1, -0.05) is 30.3 Å². The Morgan fingerprint density at radius 3 is 2.39 bits per heavy atom. The Hall–Kier alpha value is -2.42. The number of aliphatic imine (C=N–C) groups is 1. The van der Waals surface area contributed by atoms with E-state index in [1.54, 1.807) is 17.3 Å². The van der Waals surface area contributed by atoms with Crippen LogP contribution in [0, 0.1) is 0 Å². The van der Waals surface area contributed by atoms with Crippen LogP contribution in [0.1, 0.15) is 24.8 Å². The summed E-state index contributed by atoms with van der Waals surface area (Å²) in [4.78, 5) is 11.3. The Balaban J connectivity index is 0.00000225. The van der Waals surface area contributed by atoms with Crippen molar-refractivity contribution in [3.8, 4) is 5.69 Å². The molecular formula is C21H25IN6. The predicted octanol–water partition coefficient (Wildman–Crippen LogP) is 4.34. The minimum Gasteiger partial charge on any atom is -0.343 e. The second-order valence-corrected chi connectivity index (χ2v) is 6.69. The first-order valence-electron chi connectivity index (χ1n) is 9.44. The van der Waals surface area contributed by atoms with E-state index in [-0.39, 0.29) is 24.0 Å². The highest BCUT2D eigenvalue weighted by Gasteiger charge is 2.15. The molecule has 7 heteroatoms. The molecule has 3 aromatic rings. The van der Waals surface area contributed by atoms with Crippen LogP contribution in [0.3, 0.4) is 0 Å².